The fourth-order valence-electron chi connectivity index (χ4n) is 1.76. The van der Waals surface area contributed by atoms with Crippen LogP contribution in [0.2, 0.25) is 0 Å². The van der Waals surface area contributed by atoms with Gasteiger partial charge in [-0.3, -0.25) is 0 Å². The van der Waals surface area contributed by atoms with Crippen molar-refractivity contribution in [2.75, 3.05) is 19.8 Å². The Morgan fingerprint density at radius 2 is 2.33 bits per heavy atom. The second-order valence-corrected chi connectivity index (χ2v) is 4.81. The maximum Gasteiger partial charge on any atom is 0.101 e. The Labute approximate surface area is 94.1 Å². The van der Waals surface area contributed by atoms with Crippen molar-refractivity contribution in [2.24, 2.45) is 0 Å². The van der Waals surface area contributed by atoms with E-state index in [1.165, 1.54) is 0 Å². The number of rotatable bonds is 4. The molecule has 0 bridgehead atoms. The van der Waals surface area contributed by atoms with Crippen LogP contribution in [0.25, 0.3) is 0 Å². The van der Waals surface area contributed by atoms with Gasteiger partial charge in [-0.15, -0.1) is 11.3 Å². The first kappa shape index (κ1) is 11.1. The monoisotopic (exact) mass is 227 g/mol. The molecule has 0 spiro atoms. The van der Waals surface area contributed by atoms with Crippen LogP contribution in [0.4, 0.5) is 0 Å². The van der Waals surface area contributed by atoms with Crippen LogP contribution in [0.1, 0.15) is 23.8 Å². The number of hydrogen-bond acceptors (Lipinski definition) is 4. The van der Waals surface area contributed by atoms with Crippen molar-refractivity contribution in [3.63, 3.8) is 0 Å². The van der Waals surface area contributed by atoms with Gasteiger partial charge in [0, 0.05) is 30.7 Å². The Bertz CT molecular complexity index is 270. The normalized spacial score (nSPS) is 20.3. The fourth-order valence-corrected chi connectivity index (χ4v) is 2.47. The minimum Gasteiger partial charge on any atom is -0.386 e. The van der Waals surface area contributed by atoms with E-state index in [0.29, 0.717) is 12.6 Å². The summed E-state index contributed by atoms with van der Waals surface area (Å²) in [5.41, 5.74) is 0. The highest BCUT2D eigenvalue weighted by molar-refractivity contribution is 7.10. The minimum absolute atomic E-state index is 0.368. The molecule has 84 valence electrons. The molecular weight excluding hydrogens is 210 g/mol. The molecule has 2 N–H and O–H groups in total. The zero-order chi connectivity index (χ0) is 10.5. The van der Waals surface area contributed by atoms with E-state index in [1.807, 2.05) is 17.5 Å². The van der Waals surface area contributed by atoms with Crippen LogP contribution in [0.3, 0.4) is 0 Å². The third kappa shape index (κ3) is 3.28. The zero-order valence-corrected chi connectivity index (χ0v) is 9.50. The molecule has 0 aliphatic carbocycles. The predicted octanol–water partition coefficient (Wildman–Crippen LogP) is 1.55. The maximum atomic E-state index is 9.86. The molecule has 1 fully saturated rings. The van der Waals surface area contributed by atoms with Gasteiger partial charge in [0.05, 0.1) is 0 Å². The summed E-state index contributed by atoms with van der Waals surface area (Å²) in [7, 11) is 0. The second kappa shape index (κ2) is 5.61. The van der Waals surface area contributed by atoms with Crippen LogP contribution in [0.15, 0.2) is 17.5 Å². The van der Waals surface area contributed by atoms with E-state index in [1.54, 1.807) is 11.3 Å². The van der Waals surface area contributed by atoms with Gasteiger partial charge in [-0.1, -0.05) is 6.07 Å². The van der Waals surface area contributed by atoms with Crippen molar-refractivity contribution in [2.45, 2.75) is 25.0 Å². The molecule has 1 saturated heterocycles. The van der Waals surface area contributed by atoms with Gasteiger partial charge in [0.2, 0.25) is 0 Å². The lowest BCUT2D eigenvalue weighted by molar-refractivity contribution is 0.0726. The van der Waals surface area contributed by atoms with Crippen LogP contribution in [0.5, 0.6) is 0 Å². The van der Waals surface area contributed by atoms with E-state index in [9.17, 15) is 5.11 Å². The Morgan fingerprint density at radius 3 is 3.00 bits per heavy atom. The molecule has 1 aromatic rings. The van der Waals surface area contributed by atoms with E-state index in [-0.39, 0.29) is 6.10 Å². The van der Waals surface area contributed by atoms with Gasteiger partial charge >= 0.3 is 0 Å². The zero-order valence-electron chi connectivity index (χ0n) is 8.69. The summed E-state index contributed by atoms with van der Waals surface area (Å²) in [6.07, 6.45) is 1.74. The molecule has 1 aromatic heterocycles. The Morgan fingerprint density at radius 1 is 1.53 bits per heavy atom. The largest absolute Gasteiger partial charge is 0.386 e. The van der Waals surface area contributed by atoms with Crippen molar-refractivity contribution in [3.05, 3.63) is 22.4 Å². The maximum absolute atomic E-state index is 9.86. The SMILES string of the molecule is OC(CNC1CCOCC1)c1cccs1. The molecule has 1 unspecified atom stereocenters. The van der Waals surface area contributed by atoms with Gasteiger partial charge in [0.1, 0.15) is 6.10 Å². The molecule has 15 heavy (non-hydrogen) atoms. The molecule has 2 heterocycles. The summed E-state index contributed by atoms with van der Waals surface area (Å²) in [5.74, 6) is 0. The fraction of sp³-hybridized carbons (Fsp3) is 0.636. The van der Waals surface area contributed by atoms with E-state index >= 15 is 0 Å². The van der Waals surface area contributed by atoms with E-state index in [2.05, 4.69) is 5.32 Å². The number of ether oxygens (including phenoxy) is 1. The summed E-state index contributed by atoms with van der Waals surface area (Å²) in [4.78, 5) is 1.04. The van der Waals surface area contributed by atoms with Crippen molar-refractivity contribution >= 4 is 11.3 Å². The van der Waals surface area contributed by atoms with Crippen LogP contribution in [-0.4, -0.2) is 30.9 Å². The van der Waals surface area contributed by atoms with Crippen molar-refractivity contribution in [3.8, 4) is 0 Å². The van der Waals surface area contributed by atoms with Gasteiger partial charge in [0.25, 0.3) is 0 Å². The smallest absolute Gasteiger partial charge is 0.101 e. The number of thiophene rings is 1. The third-order valence-corrected chi connectivity index (χ3v) is 3.67. The Hall–Kier alpha value is -0.420. The van der Waals surface area contributed by atoms with Crippen LogP contribution in [-0.2, 0) is 4.74 Å². The lowest BCUT2D eigenvalue weighted by Crippen LogP contribution is -2.37. The molecular formula is C11H17NO2S. The highest BCUT2D eigenvalue weighted by Crippen LogP contribution is 2.18. The summed E-state index contributed by atoms with van der Waals surface area (Å²) in [5, 5.41) is 15.2. The van der Waals surface area contributed by atoms with Crippen molar-refractivity contribution in [1.29, 1.82) is 0 Å². The quantitative estimate of drug-likeness (QED) is 0.820. The summed E-state index contributed by atoms with van der Waals surface area (Å²) < 4.78 is 5.28. The molecule has 0 amide bonds. The van der Waals surface area contributed by atoms with Gasteiger partial charge in [0.15, 0.2) is 0 Å². The van der Waals surface area contributed by atoms with Gasteiger partial charge in [-0.05, 0) is 24.3 Å². The summed E-state index contributed by atoms with van der Waals surface area (Å²) >= 11 is 1.60. The molecule has 4 heteroatoms. The molecule has 1 atom stereocenters. The van der Waals surface area contributed by atoms with Gasteiger partial charge < -0.3 is 15.2 Å². The topological polar surface area (TPSA) is 41.5 Å². The highest BCUT2D eigenvalue weighted by atomic mass is 32.1. The van der Waals surface area contributed by atoms with Crippen molar-refractivity contribution in [1.82, 2.24) is 5.32 Å². The molecule has 0 saturated carbocycles. The second-order valence-electron chi connectivity index (χ2n) is 3.83. The minimum atomic E-state index is -0.368. The van der Waals surface area contributed by atoms with E-state index in [4.69, 9.17) is 4.74 Å². The average Bonchev–Trinajstić information content (AvgIpc) is 2.81. The van der Waals surface area contributed by atoms with E-state index in [0.717, 1.165) is 30.9 Å². The standard InChI is InChI=1S/C11H17NO2S/c13-10(11-2-1-7-15-11)8-12-9-3-5-14-6-4-9/h1-2,7,9-10,12-13H,3-6,8H2. The molecule has 1 aliphatic rings. The lowest BCUT2D eigenvalue weighted by atomic mass is 10.1. The molecule has 2 rings (SSSR count). The van der Waals surface area contributed by atoms with Crippen molar-refractivity contribution < 1.29 is 9.84 Å². The van der Waals surface area contributed by atoms with Gasteiger partial charge in [-0.2, -0.15) is 0 Å². The number of hydrogen-bond donors (Lipinski definition) is 2. The van der Waals surface area contributed by atoms with E-state index < -0.39 is 0 Å². The summed E-state index contributed by atoms with van der Waals surface area (Å²) in [6.45, 7) is 2.32. The molecule has 0 radical (unpaired) electrons. The molecule has 0 aromatic carbocycles. The first-order valence-corrected chi connectivity index (χ1v) is 6.27. The predicted molar refractivity (Wildman–Crippen MR) is 61.1 cm³/mol. The number of aliphatic hydroxyl groups excluding tert-OH is 1. The Balaban J connectivity index is 1.73. The first-order valence-electron chi connectivity index (χ1n) is 5.39. The number of nitrogens with one attached hydrogen (secondary N) is 1. The first-order chi connectivity index (χ1) is 7.36. The van der Waals surface area contributed by atoms with Gasteiger partial charge in [-0.25, -0.2) is 0 Å². The average molecular weight is 227 g/mol. The van der Waals surface area contributed by atoms with Crippen LogP contribution in [0, 0.1) is 0 Å². The number of aliphatic hydroxyl groups is 1. The van der Waals surface area contributed by atoms with Crippen LogP contribution < -0.4 is 5.32 Å². The lowest BCUT2D eigenvalue weighted by Gasteiger charge is -2.24. The third-order valence-electron chi connectivity index (χ3n) is 2.69. The molecule has 3 nitrogen and oxygen atoms in total. The van der Waals surface area contributed by atoms with Crippen LogP contribution >= 0.6 is 11.3 Å². The molecule has 1 aliphatic heterocycles. The summed E-state index contributed by atoms with van der Waals surface area (Å²) in [6, 6.07) is 4.45. The Kier molecular flexibility index (Phi) is 4.14. The highest BCUT2D eigenvalue weighted by Gasteiger charge is 2.15.